The van der Waals surface area contributed by atoms with Gasteiger partial charge in [0.2, 0.25) is 0 Å². The van der Waals surface area contributed by atoms with Crippen LogP contribution < -0.4 is 5.32 Å². The molecule has 1 N–H and O–H groups in total. The summed E-state index contributed by atoms with van der Waals surface area (Å²) < 4.78 is 18.5. The zero-order valence-electron chi connectivity index (χ0n) is 10.0. The molecule has 2 rings (SSSR count). The van der Waals surface area contributed by atoms with Crippen LogP contribution in [0.4, 0.5) is 4.39 Å². The maximum Gasteiger partial charge on any atom is 0.254 e. The third kappa shape index (κ3) is 2.97. The van der Waals surface area contributed by atoms with Crippen molar-refractivity contribution in [3.8, 4) is 0 Å². The molecule has 0 aliphatic carbocycles. The van der Waals surface area contributed by atoms with Crippen molar-refractivity contribution in [2.45, 2.75) is 25.4 Å². The summed E-state index contributed by atoms with van der Waals surface area (Å²) in [5.74, 6) is -1.03. The number of aromatic nitrogens is 1. The van der Waals surface area contributed by atoms with Crippen molar-refractivity contribution in [2.75, 3.05) is 13.2 Å². The lowest BCUT2D eigenvalue weighted by molar-refractivity contribution is 0.0206. The number of nitrogens with zero attached hydrogens (tertiary/aromatic N) is 1. The monoisotopic (exact) mass is 272 g/mol. The second-order valence-corrected chi connectivity index (χ2v) is 4.93. The van der Waals surface area contributed by atoms with Crippen LogP contribution in [0, 0.1) is 5.82 Å². The van der Waals surface area contributed by atoms with Gasteiger partial charge in [0.1, 0.15) is 11.0 Å². The van der Waals surface area contributed by atoms with Gasteiger partial charge in [-0.05, 0) is 25.8 Å². The Balaban J connectivity index is 2.01. The van der Waals surface area contributed by atoms with Gasteiger partial charge in [-0.1, -0.05) is 11.6 Å². The van der Waals surface area contributed by atoms with Crippen LogP contribution in [0.1, 0.15) is 30.1 Å². The quantitative estimate of drug-likeness (QED) is 0.858. The van der Waals surface area contributed by atoms with Crippen molar-refractivity contribution in [3.63, 3.8) is 0 Å². The van der Waals surface area contributed by atoms with Crippen molar-refractivity contribution >= 4 is 17.5 Å². The van der Waals surface area contributed by atoms with E-state index in [4.69, 9.17) is 16.3 Å². The Kier molecular flexibility index (Phi) is 3.82. The number of hydrogen-bond acceptors (Lipinski definition) is 3. The van der Waals surface area contributed by atoms with E-state index < -0.39 is 11.7 Å². The molecule has 1 saturated heterocycles. The van der Waals surface area contributed by atoms with Gasteiger partial charge in [0, 0.05) is 13.2 Å². The number of nitrogens with one attached hydrogen (secondary N) is 1. The Morgan fingerprint density at radius 3 is 3.17 bits per heavy atom. The predicted molar refractivity (Wildman–Crippen MR) is 65.1 cm³/mol. The number of hydrogen-bond donors (Lipinski definition) is 1. The molecule has 98 valence electrons. The third-order valence-electron chi connectivity index (χ3n) is 2.97. The average molecular weight is 273 g/mol. The predicted octanol–water partition coefficient (Wildman–Crippen LogP) is 2.17. The van der Waals surface area contributed by atoms with Crippen LogP contribution in [-0.2, 0) is 4.74 Å². The molecule has 1 aliphatic heterocycles. The number of rotatable bonds is 3. The van der Waals surface area contributed by atoms with Crippen LogP contribution >= 0.6 is 11.6 Å². The number of halogens is 2. The van der Waals surface area contributed by atoms with E-state index in [0.29, 0.717) is 13.2 Å². The summed E-state index contributed by atoms with van der Waals surface area (Å²) in [4.78, 5) is 15.5. The van der Waals surface area contributed by atoms with Crippen molar-refractivity contribution in [2.24, 2.45) is 0 Å². The van der Waals surface area contributed by atoms with Gasteiger partial charge in [0.15, 0.2) is 0 Å². The molecule has 1 fully saturated rings. The lowest BCUT2D eigenvalue weighted by Crippen LogP contribution is -2.40. The zero-order valence-corrected chi connectivity index (χ0v) is 10.8. The molecule has 0 bridgehead atoms. The Bertz CT molecular complexity index is 461. The highest BCUT2D eigenvalue weighted by Crippen LogP contribution is 2.24. The largest absolute Gasteiger partial charge is 0.373 e. The smallest absolute Gasteiger partial charge is 0.254 e. The molecule has 0 spiro atoms. The van der Waals surface area contributed by atoms with Gasteiger partial charge in [-0.3, -0.25) is 4.79 Å². The van der Waals surface area contributed by atoms with E-state index in [-0.39, 0.29) is 16.3 Å². The van der Waals surface area contributed by atoms with E-state index in [1.54, 1.807) is 0 Å². The minimum Gasteiger partial charge on any atom is -0.373 e. The third-order valence-corrected chi connectivity index (χ3v) is 3.27. The first-order valence-electron chi connectivity index (χ1n) is 5.73. The summed E-state index contributed by atoms with van der Waals surface area (Å²) in [6.07, 6.45) is 2.84. The van der Waals surface area contributed by atoms with Gasteiger partial charge in [-0.25, -0.2) is 9.37 Å². The number of carbonyl (C=O) groups is 1. The van der Waals surface area contributed by atoms with Gasteiger partial charge >= 0.3 is 0 Å². The van der Waals surface area contributed by atoms with Crippen LogP contribution in [-0.4, -0.2) is 29.6 Å². The van der Waals surface area contributed by atoms with Gasteiger partial charge in [0.25, 0.3) is 5.91 Å². The van der Waals surface area contributed by atoms with Gasteiger partial charge in [-0.2, -0.15) is 0 Å². The maximum atomic E-state index is 13.0. The van der Waals surface area contributed by atoms with Gasteiger partial charge in [0.05, 0.1) is 17.4 Å². The van der Waals surface area contributed by atoms with E-state index in [0.717, 1.165) is 25.1 Å². The summed E-state index contributed by atoms with van der Waals surface area (Å²) in [6.45, 7) is 3.01. The molecule has 1 atom stereocenters. The Morgan fingerprint density at radius 1 is 1.72 bits per heavy atom. The number of pyridine rings is 1. The first-order valence-corrected chi connectivity index (χ1v) is 6.11. The topological polar surface area (TPSA) is 51.2 Å². The van der Waals surface area contributed by atoms with Crippen LogP contribution in [0.5, 0.6) is 0 Å². The summed E-state index contributed by atoms with van der Waals surface area (Å²) in [7, 11) is 0. The molecule has 2 heterocycles. The Morgan fingerprint density at radius 2 is 2.50 bits per heavy atom. The highest BCUT2D eigenvalue weighted by molar-refractivity contribution is 6.32. The summed E-state index contributed by atoms with van der Waals surface area (Å²) in [5, 5.41) is 2.69. The number of carbonyl (C=O) groups excluding carboxylic acids is 1. The first kappa shape index (κ1) is 13.2. The average Bonchev–Trinajstić information content (AvgIpc) is 2.77. The van der Waals surface area contributed by atoms with E-state index in [9.17, 15) is 9.18 Å². The fourth-order valence-electron chi connectivity index (χ4n) is 1.92. The maximum absolute atomic E-state index is 13.0. The van der Waals surface area contributed by atoms with Gasteiger partial charge < -0.3 is 10.1 Å². The van der Waals surface area contributed by atoms with E-state index >= 15 is 0 Å². The molecule has 6 heteroatoms. The first-order chi connectivity index (χ1) is 8.50. The highest BCUT2D eigenvalue weighted by atomic mass is 35.5. The van der Waals surface area contributed by atoms with Crippen molar-refractivity contribution < 1.29 is 13.9 Å². The van der Waals surface area contributed by atoms with Crippen molar-refractivity contribution in [3.05, 3.63) is 28.8 Å². The second kappa shape index (κ2) is 5.20. The summed E-state index contributed by atoms with van der Waals surface area (Å²) in [6, 6.07) is 1.07. The van der Waals surface area contributed by atoms with Crippen LogP contribution in [0.3, 0.4) is 0 Å². The van der Waals surface area contributed by atoms with Crippen LogP contribution in [0.2, 0.25) is 5.15 Å². The summed E-state index contributed by atoms with van der Waals surface area (Å²) >= 11 is 5.75. The van der Waals surface area contributed by atoms with Crippen LogP contribution in [0.25, 0.3) is 0 Å². The fraction of sp³-hybridized carbons (Fsp3) is 0.500. The van der Waals surface area contributed by atoms with Gasteiger partial charge in [-0.15, -0.1) is 0 Å². The number of amides is 1. The lowest BCUT2D eigenvalue weighted by Gasteiger charge is -2.23. The summed E-state index contributed by atoms with van der Waals surface area (Å²) in [5.41, 5.74) is -0.304. The molecule has 0 saturated carbocycles. The molecule has 0 radical (unpaired) electrons. The van der Waals surface area contributed by atoms with Crippen molar-refractivity contribution in [1.29, 1.82) is 0 Å². The van der Waals surface area contributed by atoms with E-state index in [1.165, 1.54) is 0 Å². The van der Waals surface area contributed by atoms with Crippen molar-refractivity contribution in [1.82, 2.24) is 10.3 Å². The number of ether oxygens (including phenoxy) is 1. The van der Waals surface area contributed by atoms with E-state index in [1.807, 2.05) is 6.92 Å². The lowest BCUT2D eigenvalue weighted by atomic mass is 10.0. The molecule has 4 nitrogen and oxygen atoms in total. The minimum absolute atomic E-state index is 0.00797. The molecule has 1 amide bonds. The minimum atomic E-state index is -0.590. The second-order valence-electron chi connectivity index (χ2n) is 4.58. The Labute approximate surface area is 109 Å². The SMILES string of the molecule is CC1(CNC(=O)c2cc(F)cnc2Cl)CCCO1. The molecular weight excluding hydrogens is 259 g/mol. The fourth-order valence-corrected chi connectivity index (χ4v) is 2.11. The molecule has 0 aromatic carbocycles. The standard InChI is InChI=1S/C12H14ClFN2O2/c1-12(3-2-4-18-12)7-16-11(17)9-5-8(14)6-15-10(9)13/h5-6H,2-4,7H2,1H3,(H,16,17). The molecule has 1 aliphatic rings. The Hall–Kier alpha value is -1.20. The van der Waals surface area contributed by atoms with E-state index in [2.05, 4.69) is 10.3 Å². The molecule has 1 unspecified atom stereocenters. The molecule has 1 aromatic heterocycles. The molecule has 1 aromatic rings. The van der Waals surface area contributed by atoms with Crippen LogP contribution in [0.15, 0.2) is 12.3 Å². The molecule has 18 heavy (non-hydrogen) atoms. The molecular formula is C12H14ClFN2O2. The normalized spacial score (nSPS) is 23.1. The zero-order chi connectivity index (χ0) is 13.2. The highest BCUT2D eigenvalue weighted by Gasteiger charge is 2.30.